The molecule has 1 aromatic carbocycles. The van der Waals surface area contributed by atoms with Gasteiger partial charge in [0.1, 0.15) is 15.7 Å². The normalized spacial score (nSPS) is 10.8. The summed E-state index contributed by atoms with van der Waals surface area (Å²) in [5.74, 6) is -1.34. The van der Waals surface area contributed by atoms with Crippen LogP contribution in [0.15, 0.2) is 57.2 Å². The maximum Gasteiger partial charge on any atom is 0.343 e. The third kappa shape index (κ3) is 6.05. The predicted molar refractivity (Wildman–Crippen MR) is 147 cm³/mol. The van der Waals surface area contributed by atoms with Crippen molar-refractivity contribution < 1.29 is 19.1 Å². The molecule has 4 heterocycles. The predicted octanol–water partition coefficient (Wildman–Crippen LogP) is 4.13. The number of ether oxygens (including phenoxy) is 2. The lowest BCUT2D eigenvalue weighted by atomic mass is 10.2. The van der Waals surface area contributed by atoms with E-state index in [1.807, 2.05) is 0 Å². The number of benzene rings is 1. The fourth-order valence-corrected chi connectivity index (χ4v) is 4.35. The first-order valence-electron chi connectivity index (χ1n) is 11.3. The maximum atomic E-state index is 12.4. The van der Waals surface area contributed by atoms with E-state index < -0.39 is 22.8 Å². The molecule has 5 aromatic rings. The van der Waals surface area contributed by atoms with Crippen LogP contribution in [0.5, 0.6) is 0 Å². The zero-order valence-electron chi connectivity index (χ0n) is 20.3. The Hall–Kier alpha value is -3.94. The molecule has 2 N–H and O–H groups in total. The molecule has 4 aromatic heterocycles. The number of H-pyrrole nitrogens is 2. The molecule has 0 bridgehead atoms. The van der Waals surface area contributed by atoms with E-state index in [0.717, 1.165) is 0 Å². The van der Waals surface area contributed by atoms with E-state index in [-0.39, 0.29) is 35.6 Å². The SMILES string of the molecule is CCOC(=O)c1c[nH]n2cc(-c3cc(Cl)cc(Cl)c3)nc2c1=O.CCOC(=O)c1c[nH]n2cc(Br)nc2c1=O. The van der Waals surface area contributed by atoms with Gasteiger partial charge >= 0.3 is 11.9 Å². The highest BCUT2D eigenvalue weighted by atomic mass is 79.9. The third-order valence-electron chi connectivity index (χ3n) is 5.12. The molecule has 0 spiro atoms. The number of rotatable bonds is 5. The molecule has 12 nitrogen and oxygen atoms in total. The smallest absolute Gasteiger partial charge is 0.343 e. The Bertz CT molecular complexity index is 1810. The number of imidazole rings is 2. The van der Waals surface area contributed by atoms with Crippen LogP contribution in [0.4, 0.5) is 0 Å². The molecular weight excluding hydrogens is 619 g/mol. The Kier molecular flexibility index (Phi) is 8.53. The number of nitrogens with zero attached hydrogens (tertiary/aromatic N) is 4. The van der Waals surface area contributed by atoms with Gasteiger partial charge in [-0.1, -0.05) is 23.2 Å². The van der Waals surface area contributed by atoms with Crippen molar-refractivity contribution in [1.29, 1.82) is 0 Å². The van der Waals surface area contributed by atoms with Gasteiger partial charge < -0.3 is 9.47 Å². The largest absolute Gasteiger partial charge is 0.462 e. The molecule has 15 heteroatoms. The number of fused-ring (bicyclic) bond motifs is 2. The highest BCUT2D eigenvalue weighted by Gasteiger charge is 2.17. The van der Waals surface area contributed by atoms with Crippen molar-refractivity contribution in [3.05, 3.63) is 89.2 Å². The molecule has 0 aliphatic carbocycles. The minimum Gasteiger partial charge on any atom is -0.462 e. The molecule has 0 fully saturated rings. The lowest BCUT2D eigenvalue weighted by molar-refractivity contribution is 0.0514. The highest BCUT2D eigenvalue weighted by molar-refractivity contribution is 9.10. The van der Waals surface area contributed by atoms with Gasteiger partial charge in [0, 0.05) is 28.0 Å². The molecule has 39 heavy (non-hydrogen) atoms. The average molecular weight is 638 g/mol. The molecule has 0 saturated heterocycles. The van der Waals surface area contributed by atoms with Crippen molar-refractivity contribution >= 4 is 62.4 Å². The van der Waals surface area contributed by atoms with Crippen LogP contribution >= 0.6 is 39.1 Å². The Morgan fingerprint density at radius 1 is 0.846 bits per heavy atom. The standard InChI is InChI=1S/C15H11Cl2N3O3.C9H8BrN3O3/c1-2-23-15(22)11-6-18-20-7-12(19-14(20)13(11)21)8-3-9(16)5-10(17)4-8;1-2-16-9(15)5-3-11-13-4-6(10)12-8(13)7(5)14/h3-7,18H,2H2,1H3;3-4,11H,2H2,1H3. The molecule has 202 valence electrons. The van der Waals surface area contributed by atoms with E-state index in [1.54, 1.807) is 44.4 Å². The minimum atomic E-state index is -0.688. The summed E-state index contributed by atoms with van der Waals surface area (Å²) in [6.45, 7) is 3.75. The summed E-state index contributed by atoms with van der Waals surface area (Å²) >= 11 is 15.1. The quantitative estimate of drug-likeness (QED) is 0.273. The summed E-state index contributed by atoms with van der Waals surface area (Å²) in [4.78, 5) is 55.6. The van der Waals surface area contributed by atoms with E-state index in [1.165, 1.54) is 21.4 Å². The van der Waals surface area contributed by atoms with Gasteiger partial charge in [-0.25, -0.2) is 28.6 Å². The van der Waals surface area contributed by atoms with Gasteiger partial charge in [0.15, 0.2) is 0 Å². The second-order valence-electron chi connectivity index (χ2n) is 7.71. The molecule has 0 unspecified atom stereocenters. The Labute approximate surface area is 237 Å². The van der Waals surface area contributed by atoms with Crippen LogP contribution in [0.3, 0.4) is 0 Å². The third-order valence-corrected chi connectivity index (χ3v) is 5.94. The molecule has 0 saturated carbocycles. The Balaban J connectivity index is 0.000000193. The summed E-state index contributed by atoms with van der Waals surface area (Å²) in [7, 11) is 0. The zero-order valence-corrected chi connectivity index (χ0v) is 23.4. The van der Waals surface area contributed by atoms with Gasteiger partial charge in [-0.15, -0.1) is 0 Å². The summed E-state index contributed by atoms with van der Waals surface area (Å²) in [5.41, 5.74) is 0.289. The maximum absolute atomic E-state index is 12.4. The average Bonchev–Trinajstić information content (AvgIpc) is 3.49. The Morgan fingerprint density at radius 3 is 1.85 bits per heavy atom. The van der Waals surface area contributed by atoms with Gasteiger partial charge in [-0.2, -0.15) is 0 Å². The van der Waals surface area contributed by atoms with Gasteiger partial charge in [-0.05, 0) is 48.0 Å². The fourth-order valence-electron chi connectivity index (χ4n) is 3.45. The summed E-state index contributed by atoms with van der Waals surface area (Å²) in [6.07, 6.45) is 5.81. The topological polar surface area (TPSA) is 153 Å². The first-order valence-corrected chi connectivity index (χ1v) is 12.9. The zero-order chi connectivity index (χ0) is 28.3. The number of esters is 2. The van der Waals surface area contributed by atoms with E-state index >= 15 is 0 Å². The number of aromatic amines is 2. The first-order chi connectivity index (χ1) is 18.6. The lowest BCUT2D eigenvalue weighted by Crippen LogP contribution is -2.20. The number of aromatic nitrogens is 6. The number of carbonyl (C=O) groups is 2. The number of hydrogen-bond donors (Lipinski definition) is 2. The van der Waals surface area contributed by atoms with Crippen LogP contribution in [0.2, 0.25) is 10.0 Å². The number of halogens is 3. The first kappa shape index (κ1) is 28.1. The van der Waals surface area contributed by atoms with Crippen molar-refractivity contribution in [3.8, 4) is 11.3 Å². The van der Waals surface area contributed by atoms with Gasteiger partial charge in [0.25, 0.3) is 0 Å². The number of hydrogen-bond acceptors (Lipinski definition) is 8. The van der Waals surface area contributed by atoms with Gasteiger partial charge in [0.2, 0.25) is 22.2 Å². The van der Waals surface area contributed by atoms with Gasteiger partial charge in [-0.3, -0.25) is 19.8 Å². The molecule has 0 amide bonds. The Morgan fingerprint density at radius 2 is 1.33 bits per heavy atom. The number of nitrogens with one attached hydrogen (secondary N) is 2. The van der Waals surface area contributed by atoms with Gasteiger partial charge in [0.05, 0.1) is 31.3 Å². The lowest BCUT2D eigenvalue weighted by Gasteiger charge is -2.00. The fraction of sp³-hybridized carbons (Fsp3) is 0.167. The second kappa shape index (κ2) is 11.8. The minimum absolute atomic E-state index is 0.0487. The van der Waals surface area contributed by atoms with Crippen molar-refractivity contribution in [2.24, 2.45) is 0 Å². The summed E-state index contributed by atoms with van der Waals surface area (Å²) in [6, 6.07) is 4.98. The van der Waals surface area contributed by atoms with Crippen LogP contribution in [0.25, 0.3) is 22.6 Å². The number of carbonyl (C=O) groups excluding carboxylic acids is 2. The molecule has 0 radical (unpaired) electrons. The molecule has 5 rings (SSSR count). The van der Waals surface area contributed by atoms with Crippen LogP contribution in [-0.4, -0.2) is 54.3 Å². The van der Waals surface area contributed by atoms with Crippen LogP contribution < -0.4 is 10.9 Å². The highest BCUT2D eigenvalue weighted by Crippen LogP contribution is 2.26. The van der Waals surface area contributed by atoms with Crippen molar-refractivity contribution in [1.82, 2.24) is 29.2 Å². The van der Waals surface area contributed by atoms with E-state index in [2.05, 4.69) is 36.1 Å². The molecule has 0 aliphatic heterocycles. The summed E-state index contributed by atoms with van der Waals surface area (Å²) in [5, 5.41) is 6.47. The van der Waals surface area contributed by atoms with E-state index in [0.29, 0.717) is 25.9 Å². The molecule has 0 aliphatic rings. The van der Waals surface area contributed by atoms with Crippen molar-refractivity contribution in [3.63, 3.8) is 0 Å². The van der Waals surface area contributed by atoms with E-state index in [4.69, 9.17) is 32.7 Å². The van der Waals surface area contributed by atoms with Crippen molar-refractivity contribution in [2.45, 2.75) is 13.8 Å². The van der Waals surface area contributed by atoms with Crippen LogP contribution in [0.1, 0.15) is 34.6 Å². The molecular formula is C24H19BrCl2N6O6. The molecule has 0 atom stereocenters. The second-order valence-corrected chi connectivity index (χ2v) is 9.39. The monoisotopic (exact) mass is 636 g/mol. The summed E-state index contributed by atoms with van der Waals surface area (Å²) < 4.78 is 13.0. The van der Waals surface area contributed by atoms with E-state index in [9.17, 15) is 19.2 Å². The van der Waals surface area contributed by atoms with Crippen molar-refractivity contribution in [2.75, 3.05) is 13.2 Å². The van der Waals surface area contributed by atoms with Crippen LogP contribution in [0, 0.1) is 0 Å². The van der Waals surface area contributed by atoms with Crippen LogP contribution in [-0.2, 0) is 9.47 Å².